The van der Waals surface area contributed by atoms with E-state index in [1.165, 1.54) is 5.56 Å². The van der Waals surface area contributed by atoms with E-state index in [0.29, 0.717) is 24.8 Å². The lowest BCUT2D eigenvalue weighted by Crippen LogP contribution is -2.15. The lowest BCUT2D eigenvalue weighted by Gasteiger charge is -2.17. The number of benzene rings is 1. The number of hydrogen-bond donors (Lipinski definition) is 0. The molecule has 0 saturated heterocycles. The molecule has 3 rings (SSSR count). The molecule has 3 nitrogen and oxygen atoms in total. The lowest BCUT2D eigenvalue weighted by molar-refractivity contribution is 0.109. The molecule has 0 bridgehead atoms. The monoisotopic (exact) mass is 338 g/mol. The third kappa shape index (κ3) is 2.96. The van der Waals surface area contributed by atoms with Gasteiger partial charge in [-0.3, -0.25) is 0 Å². The zero-order chi connectivity index (χ0) is 13.2. The number of hydrogen-bond acceptors (Lipinski definition) is 3. The molecule has 1 aromatic carbocycles. The standard InChI is InChI=1S/C14H12BrClN2O/c15-10-3-1-9(2-4-10)7-13-17-12-5-6-19-8-11(12)14(16)18-13/h1-4H,5-8H2. The molecule has 5 heteroatoms. The van der Waals surface area contributed by atoms with E-state index in [1.54, 1.807) is 0 Å². The van der Waals surface area contributed by atoms with Gasteiger partial charge >= 0.3 is 0 Å². The summed E-state index contributed by atoms with van der Waals surface area (Å²) in [5.74, 6) is 0.771. The van der Waals surface area contributed by atoms with Crippen molar-refractivity contribution in [3.63, 3.8) is 0 Å². The fraction of sp³-hybridized carbons (Fsp3) is 0.286. The van der Waals surface area contributed by atoms with E-state index in [2.05, 4.69) is 38.0 Å². The quantitative estimate of drug-likeness (QED) is 0.785. The van der Waals surface area contributed by atoms with E-state index < -0.39 is 0 Å². The number of fused-ring (bicyclic) bond motifs is 1. The largest absolute Gasteiger partial charge is 0.376 e. The van der Waals surface area contributed by atoms with Crippen molar-refractivity contribution < 1.29 is 4.74 Å². The highest BCUT2D eigenvalue weighted by molar-refractivity contribution is 9.10. The van der Waals surface area contributed by atoms with Gasteiger partial charge in [-0.1, -0.05) is 39.7 Å². The maximum Gasteiger partial charge on any atom is 0.138 e. The number of ether oxygens (including phenoxy) is 1. The van der Waals surface area contributed by atoms with Crippen molar-refractivity contribution in [2.75, 3.05) is 6.61 Å². The zero-order valence-corrected chi connectivity index (χ0v) is 12.5. The summed E-state index contributed by atoms with van der Waals surface area (Å²) in [4.78, 5) is 8.97. The van der Waals surface area contributed by atoms with Gasteiger partial charge in [-0.25, -0.2) is 9.97 Å². The molecular formula is C14H12BrClN2O. The smallest absolute Gasteiger partial charge is 0.138 e. The number of rotatable bonds is 2. The van der Waals surface area contributed by atoms with Crippen LogP contribution >= 0.6 is 27.5 Å². The third-order valence-electron chi connectivity index (χ3n) is 3.09. The molecule has 0 N–H and O–H groups in total. The maximum absolute atomic E-state index is 6.20. The summed E-state index contributed by atoms with van der Waals surface area (Å²) in [6, 6.07) is 8.15. The van der Waals surface area contributed by atoms with Gasteiger partial charge in [0.2, 0.25) is 0 Å². The Balaban J connectivity index is 1.89. The van der Waals surface area contributed by atoms with Crippen LogP contribution in [0.25, 0.3) is 0 Å². The number of halogens is 2. The van der Waals surface area contributed by atoms with Crippen molar-refractivity contribution in [2.24, 2.45) is 0 Å². The van der Waals surface area contributed by atoms with Crippen LogP contribution in [0, 0.1) is 0 Å². The highest BCUT2D eigenvalue weighted by Crippen LogP contribution is 2.23. The average Bonchev–Trinajstić information content (AvgIpc) is 2.42. The fourth-order valence-corrected chi connectivity index (χ4v) is 2.63. The normalized spacial score (nSPS) is 14.2. The molecule has 2 heterocycles. The zero-order valence-electron chi connectivity index (χ0n) is 10.2. The second-order valence-electron chi connectivity index (χ2n) is 4.46. The summed E-state index contributed by atoms with van der Waals surface area (Å²) in [6.45, 7) is 1.23. The van der Waals surface area contributed by atoms with Crippen LogP contribution in [0.5, 0.6) is 0 Å². The highest BCUT2D eigenvalue weighted by atomic mass is 79.9. The number of aromatic nitrogens is 2. The van der Waals surface area contributed by atoms with Crippen molar-refractivity contribution in [2.45, 2.75) is 19.4 Å². The Kier molecular flexibility index (Phi) is 3.82. The summed E-state index contributed by atoms with van der Waals surface area (Å²) < 4.78 is 6.45. The Bertz CT molecular complexity index is 601. The molecule has 0 spiro atoms. The van der Waals surface area contributed by atoms with Gasteiger partial charge in [0.1, 0.15) is 11.0 Å². The van der Waals surface area contributed by atoms with E-state index >= 15 is 0 Å². The molecule has 2 aromatic rings. The molecule has 0 aliphatic carbocycles. The van der Waals surface area contributed by atoms with Crippen LogP contribution in [0.4, 0.5) is 0 Å². The van der Waals surface area contributed by atoms with Crippen molar-refractivity contribution in [3.8, 4) is 0 Å². The first kappa shape index (κ1) is 13.0. The maximum atomic E-state index is 6.20. The van der Waals surface area contributed by atoms with Gasteiger partial charge in [-0.15, -0.1) is 0 Å². The molecule has 1 aliphatic heterocycles. The van der Waals surface area contributed by atoms with Crippen molar-refractivity contribution >= 4 is 27.5 Å². The predicted molar refractivity (Wildman–Crippen MR) is 77.4 cm³/mol. The van der Waals surface area contributed by atoms with Crippen LogP contribution in [-0.2, 0) is 24.2 Å². The highest BCUT2D eigenvalue weighted by Gasteiger charge is 2.17. The van der Waals surface area contributed by atoms with Gasteiger partial charge in [-0.05, 0) is 17.7 Å². The summed E-state index contributed by atoms with van der Waals surface area (Å²) in [6.07, 6.45) is 1.51. The first-order chi connectivity index (χ1) is 9.22. The Labute approximate surface area is 125 Å². The fourth-order valence-electron chi connectivity index (χ4n) is 2.10. The summed E-state index contributed by atoms with van der Waals surface area (Å²) in [5, 5.41) is 0.525. The van der Waals surface area contributed by atoms with Crippen LogP contribution in [0.2, 0.25) is 5.15 Å². The number of nitrogens with zero attached hydrogens (tertiary/aromatic N) is 2. The van der Waals surface area contributed by atoms with Crippen LogP contribution in [0.3, 0.4) is 0 Å². The average molecular weight is 340 g/mol. The minimum Gasteiger partial charge on any atom is -0.376 e. The van der Waals surface area contributed by atoms with Crippen molar-refractivity contribution in [3.05, 3.63) is 56.5 Å². The first-order valence-electron chi connectivity index (χ1n) is 6.09. The molecule has 0 fully saturated rings. The predicted octanol–water partition coefficient (Wildman–Crippen LogP) is 3.56. The molecule has 0 radical (unpaired) electrons. The van der Waals surface area contributed by atoms with Gasteiger partial charge in [0.25, 0.3) is 0 Å². The summed E-state index contributed by atoms with van der Waals surface area (Å²) in [7, 11) is 0. The minimum absolute atomic E-state index is 0.521. The van der Waals surface area contributed by atoms with E-state index in [4.69, 9.17) is 16.3 Å². The van der Waals surface area contributed by atoms with Gasteiger partial charge < -0.3 is 4.74 Å². The van der Waals surface area contributed by atoms with E-state index in [-0.39, 0.29) is 0 Å². The summed E-state index contributed by atoms with van der Waals surface area (Å²) >= 11 is 9.63. The third-order valence-corrected chi connectivity index (χ3v) is 3.93. The van der Waals surface area contributed by atoms with Crippen molar-refractivity contribution in [1.29, 1.82) is 0 Å². The van der Waals surface area contributed by atoms with Gasteiger partial charge in [0.05, 0.1) is 18.9 Å². The Morgan fingerprint density at radius 1 is 1.21 bits per heavy atom. The van der Waals surface area contributed by atoms with Gasteiger partial charge in [-0.2, -0.15) is 0 Å². The molecule has 0 saturated carbocycles. The van der Waals surface area contributed by atoms with Crippen LogP contribution in [0.1, 0.15) is 22.6 Å². The van der Waals surface area contributed by atoms with Crippen LogP contribution in [0.15, 0.2) is 28.7 Å². The topological polar surface area (TPSA) is 35.0 Å². The van der Waals surface area contributed by atoms with Gasteiger partial charge in [0, 0.05) is 22.9 Å². The second kappa shape index (κ2) is 5.57. The van der Waals surface area contributed by atoms with E-state index in [0.717, 1.165) is 28.0 Å². The van der Waals surface area contributed by atoms with E-state index in [9.17, 15) is 0 Å². The molecule has 1 aliphatic rings. The van der Waals surface area contributed by atoms with Crippen LogP contribution in [-0.4, -0.2) is 16.6 Å². The SMILES string of the molecule is Clc1nc(Cc2ccc(Br)cc2)nc2c1COCC2. The molecule has 1 aromatic heterocycles. The van der Waals surface area contributed by atoms with Crippen molar-refractivity contribution in [1.82, 2.24) is 9.97 Å². The minimum atomic E-state index is 0.521. The first-order valence-corrected chi connectivity index (χ1v) is 7.26. The lowest BCUT2D eigenvalue weighted by atomic mass is 10.1. The summed E-state index contributed by atoms with van der Waals surface area (Å²) in [5.41, 5.74) is 3.14. The molecule has 0 amide bonds. The Hall–Kier alpha value is -0.970. The second-order valence-corrected chi connectivity index (χ2v) is 5.74. The molecule has 98 valence electrons. The Morgan fingerprint density at radius 2 is 2.00 bits per heavy atom. The van der Waals surface area contributed by atoms with Gasteiger partial charge in [0.15, 0.2) is 0 Å². The molecule has 0 atom stereocenters. The molecule has 19 heavy (non-hydrogen) atoms. The van der Waals surface area contributed by atoms with Crippen LogP contribution < -0.4 is 0 Å². The van der Waals surface area contributed by atoms with E-state index in [1.807, 2.05) is 12.1 Å². The Morgan fingerprint density at radius 3 is 2.79 bits per heavy atom. The molecule has 0 unspecified atom stereocenters. The molecular weight excluding hydrogens is 328 g/mol.